The smallest absolute Gasteiger partial charge is 0.166 e. The molecule has 0 aliphatic rings. The Labute approximate surface area is 105 Å². The molecule has 2 rings (SSSR count). The molecule has 1 unspecified atom stereocenters. The Morgan fingerprint density at radius 3 is 2.72 bits per heavy atom. The molecule has 1 atom stereocenters. The minimum Gasteiger partial charge on any atom is -0.485 e. The van der Waals surface area contributed by atoms with Gasteiger partial charge in [0.1, 0.15) is 18.2 Å². The Kier molecular flexibility index (Phi) is 3.84. The molecule has 1 aromatic heterocycles. The van der Waals surface area contributed by atoms with E-state index in [1.165, 1.54) is 12.1 Å². The summed E-state index contributed by atoms with van der Waals surface area (Å²) < 4.78 is 18.7. The maximum absolute atomic E-state index is 13.2. The van der Waals surface area contributed by atoms with Gasteiger partial charge in [0.25, 0.3) is 0 Å². The second-order valence-corrected chi connectivity index (χ2v) is 3.92. The minimum atomic E-state index is -0.358. The minimum absolute atomic E-state index is 0.185. The van der Waals surface area contributed by atoms with Crippen LogP contribution in [0, 0.1) is 5.82 Å². The maximum Gasteiger partial charge on any atom is 0.166 e. The van der Waals surface area contributed by atoms with Crippen LogP contribution in [0.1, 0.15) is 24.4 Å². The predicted octanol–water partition coefficient (Wildman–Crippen LogP) is 2.21. The van der Waals surface area contributed by atoms with Gasteiger partial charge in [0.2, 0.25) is 0 Å². The standard InChI is InChI=1S/C13H14FN3O/c1-9(15)11-4-3-10(14)7-12(11)18-8-13-16-5-2-6-17-13/h2-7,9H,8,15H2,1H3. The number of rotatable bonds is 4. The summed E-state index contributed by atoms with van der Waals surface area (Å²) in [4.78, 5) is 8.06. The molecule has 18 heavy (non-hydrogen) atoms. The highest BCUT2D eigenvalue weighted by atomic mass is 19.1. The number of halogens is 1. The van der Waals surface area contributed by atoms with Gasteiger partial charge in [-0.1, -0.05) is 6.07 Å². The number of hydrogen-bond acceptors (Lipinski definition) is 4. The number of benzene rings is 1. The monoisotopic (exact) mass is 247 g/mol. The number of ether oxygens (including phenoxy) is 1. The van der Waals surface area contributed by atoms with E-state index in [-0.39, 0.29) is 18.5 Å². The molecule has 0 radical (unpaired) electrons. The van der Waals surface area contributed by atoms with Crippen LogP contribution in [0.2, 0.25) is 0 Å². The van der Waals surface area contributed by atoms with Crippen molar-refractivity contribution in [3.05, 3.63) is 53.9 Å². The van der Waals surface area contributed by atoms with E-state index >= 15 is 0 Å². The molecule has 2 aromatic rings. The summed E-state index contributed by atoms with van der Waals surface area (Å²) in [6.07, 6.45) is 3.26. The normalized spacial score (nSPS) is 12.2. The average Bonchev–Trinajstić information content (AvgIpc) is 2.37. The first-order valence-corrected chi connectivity index (χ1v) is 5.60. The average molecular weight is 247 g/mol. The zero-order valence-electron chi connectivity index (χ0n) is 10.0. The van der Waals surface area contributed by atoms with Gasteiger partial charge in [-0.3, -0.25) is 0 Å². The molecule has 0 aliphatic carbocycles. The van der Waals surface area contributed by atoms with E-state index < -0.39 is 0 Å². The van der Waals surface area contributed by atoms with Gasteiger partial charge in [-0.25, -0.2) is 14.4 Å². The van der Waals surface area contributed by atoms with Crippen LogP contribution in [0.15, 0.2) is 36.7 Å². The fourth-order valence-electron chi connectivity index (χ4n) is 1.56. The number of nitrogens with zero attached hydrogens (tertiary/aromatic N) is 2. The summed E-state index contributed by atoms with van der Waals surface area (Å²) in [6.45, 7) is 2.00. The Balaban J connectivity index is 2.15. The molecule has 0 amide bonds. The van der Waals surface area contributed by atoms with Crippen molar-refractivity contribution in [1.29, 1.82) is 0 Å². The predicted molar refractivity (Wildman–Crippen MR) is 65.4 cm³/mol. The second-order valence-electron chi connectivity index (χ2n) is 3.92. The molecule has 0 spiro atoms. The largest absolute Gasteiger partial charge is 0.485 e. The molecular formula is C13H14FN3O. The molecule has 2 N–H and O–H groups in total. The number of hydrogen-bond donors (Lipinski definition) is 1. The first-order chi connectivity index (χ1) is 8.66. The van der Waals surface area contributed by atoms with E-state index in [9.17, 15) is 4.39 Å². The van der Waals surface area contributed by atoms with Crippen molar-refractivity contribution in [1.82, 2.24) is 9.97 Å². The number of nitrogens with two attached hydrogens (primary N) is 1. The lowest BCUT2D eigenvalue weighted by Crippen LogP contribution is -2.09. The van der Waals surface area contributed by atoms with Gasteiger partial charge in [-0.2, -0.15) is 0 Å². The van der Waals surface area contributed by atoms with E-state index in [0.29, 0.717) is 11.6 Å². The Morgan fingerprint density at radius 1 is 1.33 bits per heavy atom. The van der Waals surface area contributed by atoms with Gasteiger partial charge in [-0.05, 0) is 19.1 Å². The third-order valence-corrected chi connectivity index (χ3v) is 2.44. The molecule has 1 aromatic carbocycles. The molecule has 94 valence electrons. The quantitative estimate of drug-likeness (QED) is 0.899. The Morgan fingerprint density at radius 2 is 2.06 bits per heavy atom. The molecule has 0 aliphatic heterocycles. The summed E-state index contributed by atoms with van der Waals surface area (Å²) in [6, 6.07) is 5.81. The third-order valence-electron chi connectivity index (χ3n) is 2.44. The van der Waals surface area contributed by atoms with Crippen LogP contribution in [0.25, 0.3) is 0 Å². The zero-order valence-corrected chi connectivity index (χ0v) is 10.0. The van der Waals surface area contributed by atoms with Crippen LogP contribution in [-0.4, -0.2) is 9.97 Å². The summed E-state index contributed by atoms with van der Waals surface area (Å²) in [7, 11) is 0. The van der Waals surface area contributed by atoms with Crippen molar-refractivity contribution in [3.63, 3.8) is 0 Å². The fraction of sp³-hybridized carbons (Fsp3) is 0.231. The van der Waals surface area contributed by atoms with E-state index in [0.717, 1.165) is 5.56 Å². The topological polar surface area (TPSA) is 61.0 Å². The van der Waals surface area contributed by atoms with Crippen LogP contribution in [0.5, 0.6) is 5.75 Å². The molecule has 0 bridgehead atoms. The lowest BCUT2D eigenvalue weighted by atomic mass is 10.1. The molecule has 1 heterocycles. The van der Waals surface area contributed by atoms with Crippen molar-refractivity contribution in [2.45, 2.75) is 19.6 Å². The van der Waals surface area contributed by atoms with E-state index in [2.05, 4.69) is 9.97 Å². The second kappa shape index (κ2) is 5.55. The first-order valence-electron chi connectivity index (χ1n) is 5.60. The van der Waals surface area contributed by atoms with Crippen molar-refractivity contribution >= 4 is 0 Å². The van der Waals surface area contributed by atoms with Crippen LogP contribution in [0.3, 0.4) is 0 Å². The van der Waals surface area contributed by atoms with Crippen molar-refractivity contribution < 1.29 is 9.13 Å². The van der Waals surface area contributed by atoms with Gasteiger partial charge in [0.15, 0.2) is 5.82 Å². The summed E-state index contributed by atoms with van der Waals surface area (Å²) in [5, 5.41) is 0. The lowest BCUT2D eigenvalue weighted by Gasteiger charge is -2.13. The van der Waals surface area contributed by atoms with Crippen LogP contribution in [0.4, 0.5) is 4.39 Å². The lowest BCUT2D eigenvalue weighted by molar-refractivity contribution is 0.290. The third kappa shape index (κ3) is 3.01. The zero-order chi connectivity index (χ0) is 13.0. The highest BCUT2D eigenvalue weighted by Crippen LogP contribution is 2.25. The Bertz CT molecular complexity index is 517. The molecule has 0 saturated heterocycles. The fourth-order valence-corrected chi connectivity index (χ4v) is 1.56. The van der Waals surface area contributed by atoms with Gasteiger partial charge >= 0.3 is 0 Å². The van der Waals surface area contributed by atoms with E-state index in [1.807, 2.05) is 6.92 Å². The van der Waals surface area contributed by atoms with Gasteiger partial charge in [0.05, 0.1) is 0 Å². The van der Waals surface area contributed by atoms with E-state index in [4.69, 9.17) is 10.5 Å². The van der Waals surface area contributed by atoms with Gasteiger partial charge in [0, 0.05) is 30.1 Å². The van der Waals surface area contributed by atoms with E-state index in [1.54, 1.807) is 24.5 Å². The van der Waals surface area contributed by atoms with Crippen LogP contribution in [-0.2, 0) is 6.61 Å². The molecule has 5 heteroatoms. The van der Waals surface area contributed by atoms with Crippen LogP contribution < -0.4 is 10.5 Å². The summed E-state index contributed by atoms with van der Waals surface area (Å²) in [5.74, 6) is 0.609. The summed E-state index contributed by atoms with van der Waals surface area (Å²) in [5.41, 5.74) is 6.56. The van der Waals surface area contributed by atoms with Crippen molar-refractivity contribution in [3.8, 4) is 5.75 Å². The first kappa shape index (κ1) is 12.4. The highest BCUT2D eigenvalue weighted by Gasteiger charge is 2.10. The molecule has 4 nitrogen and oxygen atoms in total. The highest BCUT2D eigenvalue weighted by molar-refractivity contribution is 5.36. The molecule has 0 fully saturated rings. The van der Waals surface area contributed by atoms with Crippen molar-refractivity contribution in [2.24, 2.45) is 5.73 Å². The Hall–Kier alpha value is -2.01. The molecular weight excluding hydrogens is 233 g/mol. The SMILES string of the molecule is CC(N)c1ccc(F)cc1OCc1ncccn1. The number of aromatic nitrogens is 2. The maximum atomic E-state index is 13.2. The summed E-state index contributed by atoms with van der Waals surface area (Å²) >= 11 is 0. The molecule has 0 saturated carbocycles. The van der Waals surface area contributed by atoms with Crippen molar-refractivity contribution in [2.75, 3.05) is 0 Å². The van der Waals surface area contributed by atoms with Crippen LogP contribution >= 0.6 is 0 Å². The van der Waals surface area contributed by atoms with Gasteiger partial charge in [-0.15, -0.1) is 0 Å². The van der Waals surface area contributed by atoms with Gasteiger partial charge < -0.3 is 10.5 Å².